The zero-order chi connectivity index (χ0) is 20.7. The van der Waals surface area contributed by atoms with Crippen LogP contribution >= 0.6 is 0 Å². The first-order valence-corrected chi connectivity index (χ1v) is 10.2. The van der Waals surface area contributed by atoms with Crippen molar-refractivity contribution in [3.8, 4) is 0 Å². The van der Waals surface area contributed by atoms with Crippen LogP contribution in [0.3, 0.4) is 0 Å². The average molecular weight is 398 g/mol. The molecule has 7 heteroatoms. The summed E-state index contributed by atoms with van der Waals surface area (Å²) in [5.74, 6) is 0.0282. The molecule has 2 aliphatic heterocycles. The lowest BCUT2D eigenvalue weighted by Crippen LogP contribution is -2.55. The molecule has 28 heavy (non-hydrogen) atoms. The lowest BCUT2D eigenvalue weighted by atomic mass is 9.71. The maximum Gasteiger partial charge on any atom is 0.407 e. The van der Waals surface area contributed by atoms with Gasteiger partial charge in [-0.05, 0) is 53.9 Å². The van der Waals surface area contributed by atoms with E-state index in [9.17, 15) is 9.90 Å². The molecule has 3 fully saturated rings. The van der Waals surface area contributed by atoms with Gasteiger partial charge < -0.3 is 29.4 Å². The van der Waals surface area contributed by atoms with E-state index in [1.54, 1.807) is 21.0 Å². The van der Waals surface area contributed by atoms with E-state index in [-0.39, 0.29) is 48.6 Å². The van der Waals surface area contributed by atoms with Crippen molar-refractivity contribution in [2.75, 3.05) is 13.7 Å². The van der Waals surface area contributed by atoms with Crippen LogP contribution < -0.4 is 5.32 Å². The number of carbonyl (C=O) groups excluding carboxylic acids is 1. The molecule has 3 rings (SSSR count). The van der Waals surface area contributed by atoms with Crippen molar-refractivity contribution in [3.05, 3.63) is 11.6 Å². The number of amides is 1. The van der Waals surface area contributed by atoms with Gasteiger partial charge in [-0.15, -0.1) is 0 Å². The van der Waals surface area contributed by atoms with Gasteiger partial charge in [-0.2, -0.15) is 0 Å². The largest absolute Gasteiger partial charge is 0.443 e. The normalized spacial score (nSPS) is 39.4. The molecule has 0 aromatic heterocycles. The molecule has 3 unspecified atom stereocenters. The molecule has 160 valence electrons. The second-order valence-electron chi connectivity index (χ2n) is 9.25. The number of methoxy groups -OCH3 is 1. The highest BCUT2D eigenvalue weighted by Gasteiger charge is 2.70. The fraction of sp³-hybridized carbons (Fsp3) is 0.857. The number of nitrogens with one attached hydrogen (secondary N) is 1. The highest BCUT2D eigenvalue weighted by Crippen LogP contribution is 2.57. The summed E-state index contributed by atoms with van der Waals surface area (Å²) in [6, 6.07) is 0. The van der Waals surface area contributed by atoms with Crippen molar-refractivity contribution >= 4 is 6.09 Å². The Kier molecular flexibility index (Phi) is 6.11. The van der Waals surface area contributed by atoms with Crippen LogP contribution in [0.15, 0.2) is 11.6 Å². The molecular formula is C21H35NO6. The predicted molar refractivity (Wildman–Crippen MR) is 104 cm³/mol. The smallest absolute Gasteiger partial charge is 0.407 e. The van der Waals surface area contributed by atoms with Gasteiger partial charge in [0.15, 0.2) is 0 Å². The van der Waals surface area contributed by atoms with Crippen LogP contribution in [0, 0.1) is 5.92 Å². The first kappa shape index (κ1) is 21.6. The Labute approximate surface area is 167 Å². The lowest BCUT2D eigenvalue weighted by molar-refractivity contribution is -0.106. The first-order chi connectivity index (χ1) is 13.1. The first-order valence-electron chi connectivity index (χ1n) is 10.2. The number of aliphatic hydroxyl groups is 1. The molecule has 1 amide bonds. The van der Waals surface area contributed by atoms with Gasteiger partial charge in [-0.3, -0.25) is 0 Å². The van der Waals surface area contributed by atoms with E-state index in [4.69, 9.17) is 18.9 Å². The molecule has 1 aliphatic carbocycles. The molecule has 2 saturated heterocycles. The summed E-state index contributed by atoms with van der Waals surface area (Å²) >= 11 is 0. The van der Waals surface area contributed by atoms with Gasteiger partial charge in [-0.1, -0.05) is 11.6 Å². The van der Waals surface area contributed by atoms with E-state index in [1.165, 1.54) is 5.57 Å². The SMILES string of the molecule is COC1C(OC(=O)NC(C)(C)CO)CC[C@@]2(O[C@@H]2C)C1[C@H]1O[C@@H]1CC=C(C)C. The molecule has 3 aliphatic rings. The molecule has 0 bridgehead atoms. The van der Waals surface area contributed by atoms with E-state index in [0.717, 1.165) is 12.8 Å². The number of hydrogen-bond acceptors (Lipinski definition) is 6. The predicted octanol–water partition coefficient (Wildman–Crippen LogP) is 2.56. The minimum atomic E-state index is -0.738. The highest BCUT2D eigenvalue weighted by molar-refractivity contribution is 5.68. The third-order valence-electron chi connectivity index (χ3n) is 6.23. The number of epoxide rings is 2. The van der Waals surface area contributed by atoms with E-state index in [0.29, 0.717) is 6.42 Å². The Morgan fingerprint density at radius 2 is 2.07 bits per heavy atom. The van der Waals surface area contributed by atoms with Crippen molar-refractivity contribution in [2.24, 2.45) is 5.92 Å². The number of alkyl carbamates (subject to hydrolysis) is 1. The van der Waals surface area contributed by atoms with Crippen molar-refractivity contribution in [2.45, 2.75) is 95.5 Å². The number of carbonyl (C=O) groups is 1. The molecule has 1 saturated carbocycles. The van der Waals surface area contributed by atoms with Gasteiger partial charge in [0, 0.05) is 13.0 Å². The Morgan fingerprint density at radius 3 is 2.61 bits per heavy atom. The fourth-order valence-electron chi connectivity index (χ4n) is 4.50. The summed E-state index contributed by atoms with van der Waals surface area (Å²) in [4.78, 5) is 12.4. The van der Waals surface area contributed by atoms with Crippen LogP contribution in [-0.4, -0.2) is 66.6 Å². The van der Waals surface area contributed by atoms with Crippen molar-refractivity contribution in [1.82, 2.24) is 5.32 Å². The summed E-state index contributed by atoms with van der Waals surface area (Å²) in [5, 5.41) is 12.1. The van der Waals surface area contributed by atoms with Crippen LogP contribution in [0.2, 0.25) is 0 Å². The number of aliphatic hydroxyl groups excluding tert-OH is 1. The van der Waals surface area contributed by atoms with Crippen LogP contribution in [0.1, 0.15) is 53.9 Å². The Bertz CT molecular complexity index is 616. The summed E-state index contributed by atoms with van der Waals surface area (Å²) in [6.07, 6.45) is 3.73. The highest BCUT2D eigenvalue weighted by atomic mass is 16.6. The molecule has 7 atom stereocenters. The van der Waals surface area contributed by atoms with Crippen LogP contribution in [0.25, 0.3) is 0 Å². The molecule has 7 nitrogen and oxygen atoms in total. The molecule has 2 N–H and O–H groups in total. The average Bonchev–Trinajstić information content (AvgIpc) is 3.51. The maximum atomic E-state index is 12.4. The minimum Gasteiger partial charge on any atom is -0.443 e. The van der Waals surface area contributed by atoms with Crippen LogP contribution in [0.4, 0.5) is 4.79 Å². The van der Waals surface area contributed by atoms with Gasteiger partial charge in [0.25, 0.3) is 0 Å². The van der Waals surface area contributed by atoms with E-state index in [2.05, 4.69) is 32.2 Å². The second kappa shape index (κ2) is 7.94. The summed E-state index contributed by atoms with van der Waals surface area (Å²) in [5.41, 5.74) is 0.292. The van der Waals surface area contributed by atoms with Gasteiger partial charge >= 0.3 is 6.09 Å². The Morgan fingerprint density at radius 1 is 1.39 bits per heavy atom. The van der Waals surface area contributed by atoms with Crippen molar-refractivity contribution in [3.63, 3.8) is 0 Å². The van der Waals surface area contributed by atoms with E-state index in [1.807, 2.05) is 0 Å². The number of rotatable bonds is 7. The molecular weight excluding hydrogens is 362 g/mol. The molecule has 0 aromatic carbocycles. The zero-order valence-corrected chi connectivity index (χ0v) is 17.9. The van der Waals surface area contributed by atoms with Gasteiger partial charge in [0.2, 0.25) is 0 Å². The minimum absolute atomic E-state index is 0.0282. The van der Waals surface area contributed by atoms with E-state index >= 15 is 0 Å². The monoisotopic (exact) mass is 397 g/mol. The molecule has 2 heterocycles. The van der Waals surface area contributed by atoms with Crippen LogP contribution in [-0.2, 0) is 18.9 Å². The number of allylic oxidation sites excluding steroid dienone is 1. The topological polar surface area (TPSA) is 92.9 Å². The van der Waals surface area contributed by atoms with Crippen molar-refractivity contribution < 1.29 is 28.8 Å². The third kappa shape index (κ3) is 4.37. The Balaban J connectivity index is 1.70. The summed E-state index contributed by atoms with van der Waals surface area (Å²) in [7, 11) is 1.66. The van der Waals surface area contributed by atoms with E-state index < -0.39 is 11.6 Å². The quantitative estimate of drug-likeness (QED) is 0.507. The molecule has 1 spiro atoms. The fourth-order valence-corrected chi connectivity index (χ4v) is 4.50. The molecule has 0 aromatic rings. The van der Waals surface area contributed by atoms with Gasteiger partial charge in [0.05, 0.1) is 30.5 Å². The maximum absolute atomic E-state index is 12.4. The summed E-state index contributed by atoms with van der Waals surface area (Å²) < 4.78 is 23.6. The van der Waals surface area contributed by atoms with Gasteiger partial charge in [-0.25, -0.2) is 4.79 Å². The zero-order valence-electron chi connectivity index (χ0n) is 17.9. The third-order valence-corrected chi connectivity index (χ3v) is 6.23. The summed E-state index contributed by atoms with van der Waals surface area (Å²) in [6.45, 7) is 9.57. The lowest BCUT2D eigenvalue weighted by Gasteiger charge is -2.40. The molecule has 0 radical (unpaired) electrons. The second-order valence-corrected chi connectivity index (χ2v) is 9.25. The van der Waals surface area contributed by atoms with Crippen molar-refractivity contribution in [1.29, 1.82) is 0 Å². The Hall–Kier alpha value is -1.15. The van der Waals surface area contributed by atoms with Crippen LogP contribution in [0.5, 0.6) is 0 Å². The van der Waals surface area contributed by atoms with Gasteiger partial charge in [0.1, 0.15) is 17.8 Å². The number of hydrogen-bond donors (Lipinski definition) is 2. The number of ether oxygens (including phenoxy) is 4. The standard InChI is InChI=1S/C21H35NO6/c1-12(2)7-8-14-18(26-14)16-17(25-6)15(9-10-21(16)13(3)28-21)27-19(24)22-20(4,5)11-23/h7,13-18,23H,8-11H2,1-6H3,(H,22,24)/t13-,14-,15?,16?,17?,18+,21+/m1/s1.